The van der Waals surface area contributed by atoms with Gasteiger partial charge in [-0.15, -0.1) is 0 Å². The molecule has 20 heavy (non-hydrogen) atoms. The average molecular weight is 362 g/mol. The Morgan fingerprint density at radius 1 is 1.40 bits per heavy atom. The molecular weight excluding hydrogens is 342 g/mol. The van der Waals surface area contributed by atoms with E-state index in [1.165, 1.54) is 0 Å². The number of hydrogen-bond acceptors (Lipinski definition) is 4. The molecule has 0 aromatic carbocycles. The maximum Gasteiger partial charge on any atom is 0.211 e. The Hall–Kier alpha value is -0.660. The lowest BCUT2D eigenvalue weighted by Gasteiger charge is -2.33. The number of sulfonamides is 1. The minimum atomic E-state index is -3.10. The first-order valence-corrected chi connectivity index (χ1v) is 9.24. The lowest BCUT2D eigenvalue weighted by Crippen LogP contribution is -2.45. The summed E-state index contributed by atoms with van der Waals surface area (Å²) in [6.45, 7) is 5.28. The quantitative estimate of drug-likeness (QED) is 0.891. The zero-order chi connectivity index (χ0) is 14.8. The number of nitrogens with zero attached hydrogens (tertiary/aromatic N) is 2. The highest BCUT2D eigenvalue weighted by atomic mass is 79.9. The Morgan fingerprint density at radius 3 is 2.60 bits per heavy atom. The third-order valence-electron chi connectivity index (χ3n) is 3.55. The molecule has 1 N–H and O–H groups in total. The molecule has 2 rings (SSSR count). The Balaban J connectivity index is 1.95. The zero-order valence-corrected chi connectivity index (χ0v) is 14.2. The number of anilines is 1. The van der Waals surface area contributed by atoms with Gasteiger partial charge in [0, 0.05) is 23.6 Å². The molecule has 2 heterocycles. The Bertz CT molecular complexity index is 569. The van der Waals surface area contributed by atoms with Gasteiger partial charge in [0.1, 0.15) is 5.82 Å². The molecule has 7 heteroatoms. The van der Waals surface area contributed by atoms with Crippen LogP contribution in [0.4, 0.5) is 5.82 Å². The highest BCUT2D eigenvalue weighted by Crippen LogP contribution is 2.22. The van der Waals surface area contributed by atoms with Gasteiger partial charge in [-0.2, -0.15) is 0 Å². The molecule has 0 atom stereocenters. The first-order valence-electron chi connectivity index (χ1n) is 6.79. The van der Waals surface area contributed by atoms with E-state index in [4.69, 9.17) is 0 Å². The SMILES string of the molecule is CCS(=O)(=O)NC1CCN(c2ccc(Br)c(C)n2)CC1. The molecule has 0 radical (unpaired) electrons. The lowest BCUT2D eigenvalue weighted by molar-refractivity contribution is 0.458. The van der Waals surface area contributed by atoms with Crippen LogP contribution in [0.1, 0.15) is 25.5 Å². The summed E-state index contributed by atoms with van der Waals surface area (Å²) in [4.78, 5) is 6.76. The van der Waals surface area contributed by atoms with Crippen LogP contribution in [-0.4, -0.2) is 38.3 Å². The van der Waals surface area contributed by atoms with Crippen LogP contribution in [0.25, 0.3) is 0 Å². The molecule has 0 amide bonds. The fraction of sp³-hybridized carbons (Fsp3) is 0.615. The molecule has 1 aliphatic heterocycles. The second kappa shape index (κ2) is 6.41. The van der Waals surface area contributed by atoms with Crippen molar-refractivity contribution in [3.05, 3.63) is 22.3 Å². The summed E-state index contributed by atoms with van der Waals surface area (Å²) in [6.07, 6.45) is 1.63. The molecule has 112 valence electrons. The van der Waals surface area contributed by atoms with E-state index in [-0.39, 0.29) is 11.8 Å². The summed E-state index contributed by atoms with van der Waals surface area (Å²) in [7, 11) is -3.10. The van der Waals surface area contributed by atoms with Crippen molar-refractivity contribution in [3.63, 3.8) is 0 Å². The molecule has 1 fully saturated rings. The molecule has 1 aromatic heterocycles. The fourth-order valence-electron chi connectivity index (χ4n) is 2.27. The topological polar surface area (TPSA) is 62.3 Å². The summed E-state index contributed by atoms with van der Waals surface area (Å²) in [6, 6.07) is 4.05. The minimum Gasteiger partial charge on any atom is -0.356 e. The number of rotatable bonds is 4. The van der Waals surface area contributed by atoms with Crippen molar-refractivity contribution in [3.8, 4) is 0 Å². The molecule has 1 aromatic rings. The summed E-state index contributed by atoms with van der Waals surface area (Å²) in [5.74, 6) is 1.10. The number of halogens is 1. The molecule has 1 aliphatic rings. The minimum absolute atomic E-state index is 0.0488. The molecule has 5 nitrogen and oxygen atoms in total. The van der Waals surface area contributed by atoms with Crippen molar-refractivity contribution in [2.75, 3.05) is 23.7 Å². The zero-order valence-electron chi connectivity index (χ0n) is 11.8. The lowest BCUT2D eigenvalue weighted by atomic mass is 10.1. The highest BCUT2D eigenvalue weighted by molar-refractivity contribution is 9.10. The number of aromatic nitrogens is 1. The van der Waals surface area contributed by atoms with E-state index in [1.54, 1.807) is 6.92 Å². The Labute approximate surface area is 129 Å². The molecular formula is C13H20BrN3O2S. The van der Waals surface area contributed by atoms with Crippen molar-refractivity contribution < 1.29 is 8.42 Å². The van der Waals surface area contributed by atoms with Crippen molar-refractivity contribution in [1.82, 2.24) is 9.71 Å². The number of aryl methyl sites for hydroxylation is 1. The van der Waals surface area contributed by atoms with Crippen LogP contribution in [0.2, 0.25) is 0 Å². The average Bonchev–Trinajstić information content (AvgIpc) is 2.42. The van der Waals surface area contributed by atoms with Gasteiger partial charge in [-0.05, 0) is 54.8 Å². The normalized spacial score (nSPS) is 17.4. The first kappa shape index (κ1) is 15.7. The van der Waals surface area contributed by atoms with E-state index in [0.29, 0.717) is 0 Å². The number of hydrogen-bond donors (Lipinski definition) is 1. The van der Waals surface area contributed by atoms with Crippen molar-refractivity contribution in [2.24, 2.45) is 0 Å². The van der Waals surface area contributed by atoms with Crippen LogP contribution in [0.5, 0.6) is 0 Å². The summed E-state index contributed by atoms with van der Waals surface area (Å²) in [5.41, 5.74) is 0.969. The first-order chi connectivity index (χ1) is 9.41. The van der Waals surface area contributed by atoms with Gasteiger partial charge in [0.05, 0.1) is 11.4 Å². The number of piperidine rings is 1. The predicted molar refractivity (Wildman–Crippen MR) is 84.5 cm³/mol. The fourth-order valence-corrected chi connectivity index (χ4v) is 3.40. The van der Waals surface area contributed by atoms with Crippen LogP contribution in [-0.2, 0) is 10.0 Å². The van der Waals surface area contributed by atoms with Crippen molar-refractivity contribution in [1.29, 1.82) is 0 Å². The smallest absolute Gasteiger partial charge is 0.211 e. The summed E-state index contributed by atoms with van der Waals surface area (Å²) in [5, 5.41) is 0. The monoisotopic (exact) mass is 361 g/mol. The van der Waals surface area contributed by atoms with Crippen LogP contribution >= 0.6 is 15.9 Å². The molecule has 0 aliphatic carbocycles. The molecule has 1 saturated heterocycles. The highest BCUT2D eigenvalue weighted by Gasteiger charge is 2.23. The van der Waals surface area contributed by atoms with Crippen LogP contribution < -0.4 is 9.62 Å². The third kappa shape index (κ3) is 3.93. The standard InChI is InChI=1S/C13H20BrN3O2S/c1-3-20(18,19)16-11-6-8-17(9-7-11)13-5-4-12(14)10(2)15-13/h4-5,11,16H,3,6-9H2,1-2H3. The van der Waals surface area contributed by atoms with Gasteiger partial charge in [-0.25, -0.2) is 18.1 Å². The van der Waals surface area contributed by atoms with Gasteiger partial charge in [0.25, 0.3) is 0 Å². The number of nitrogens with one attached hydrogen (secondary N) is 1. The van der Waals surface area contributed by atoms with E-state index >= 15 is 0 Å². The van der Waals surface area contributed by atoms with E-state index in [1.807, 2.05) is 19.1 Å². The summed E-state index contributed by atoms with van der Waals surface area (Å²) < 4.78 is 26.9. The van der Waals surface area contributed by atoms with E-state index < -0.39 is 10.0 Å². The van der Waals surface area contributed by atoms with Gasteiger partial charge in [0.2, 0.25) is 10.0 Å². The van der Waals surface area contributed by atoms with Gasteiger partial charge in [-0.3, -0.25) is 0 Å². The molecule has 0 unspecified atom stereocenters. The maximum atomic E-state index is 11.6. The van der Waals surface area contributed by atoms with Gasteiger partial charge in [-0.1, -0.05) is 0 Å². The molecule has 0 spiro atoms. The van der Waals surface area contributed by atoms with E-state index in [9.17, 15) is 8.42 Å². The van der Waals surface area contributed by atoms with Crippen molar-refractivity contribution in [2.45, 2.75) is 32.7 Å². The second-order valence-corrected chi connectivity index (χ2v) is 7.92. The van der Waals surface area contributed by atoms with Gasteiger partial charge >= 0.3 is 0 Å². The Kier molecular flexibility index (Phi) is 5.04. The largest absolute Gasteiger partial charge is 0.356 e. The van der Waals surface area contributed by atoms with Crippen molar-refractivity contribution >= 4 is 31.8 Å². The maximum absolute atomic E-state index is 11.6. The molecule has 0 saturated carbocycles. The Morgan fingerprint density at radius 2 is 2.05 bits per heavy atom. The van der Waals surface area contributed by atoms with Gasteiger partial charge < -0.3 is 4.90 Å². The van der Waals surface area contributed by atoms with Gasteiger partial charge in [0.15, 0.2) is 0 Å². The van der Waals surface area contributed by atoms with E-state index in [0.717, 1.165) is 41.9 Å². The van der Waals surface area contributed by atoms with Crippen LogP contribution in [0.15, 0.2) is 16.6 Å². The second-order valence-electron chi connectivity index (χ2n) is 5.02. The number of pyridine rings is 1. The van der Waals surface area contributed by atoms with E-state index in [2.05, 4.69) is 30.5 Å². The molecule has 0 bridgehead atoms. The third-order valence-corrected chi connectivity index (χ3v) is 5.84. The van der Waals surface area contributed by atoms with Crippen LogP contribution in [0.3, 0.4) is 0 Å². The summed E-state index contributed by atoms with van der Waals surface area (Å²) >= 11 is 3.45. The van der Waals surface area contributed by atoms with Crippen LogP contribution in [0, 0.1) is 6.92 Å². The predicted octanol–water partition coefficient (Wildman–Crippen LogP) is 2.06.